The van der Waals surface area contributed by atoms with Gasteiger partial charge in [-0.2, -0.15) is 0 Å². The lowest BCUT2D eigenvalue weighted by molar-refractivity contribution is -0.0855. The molecule has 6 heteroatoms. The second kappa shape index (κ2) is 7.85. The Labute approximate surface area is 153 Å². The van der Waals surface area contributed by atoms with Crippen molar-refractivity contribution in [2.75, 3.05) is 26.4 Å². The maximum Gasteiger partial charge on any atom is 0.251 e. The number of benzene rings is 1. The van der Waals surface area contributed by atoms with Crippen LogP contribution in [0, 0.1) is 13.8 Å². The Hall–Kier alpha value is -2.44. The van der Waals surface area contributed by atoms with Crippen LogP contribution in [0.25, 0.3) is 5.69 Å². The Morgan fingerprint density at radius 2 is 1.92 bits per heavy atom. The van der Waals surface area contributed by atoms with E-state index in [4.69, 9.17) is 9.47 Å². The second-order valence-electron chi connectivity index (χ2n) is 6.50. The molecule has 1 saturated heterocycles. The monoisotopic (exact) mass is 356 g/mol. The third-order valence-corrected chi connectivity index (χ3v) is 4.57. The molecule has 138 valence electrons. The zero-order valence-corrected chi connectivity index (χ0v) is 15.4. The summed E-state index contributed by atoms with van der Waals surface area (Å²) in [5, 5.41) is 2.87. The Kier molecular flexibility index (Phi) is 5.54. The fourth-order valence-electron chi connectivity index (χ4n) is 3.24. The van der Waals surface area contributed by atoms with Crippen LogP contribution in [0.15, 0.2) is 30.3 Å². The highest BCUT2D eigenvalue weighted by Gasteiger charge is 2.17. The van der Waals surface area contributed by atoms with E-state index < -0.39 is 0 Å². The summed E-state index contributed by atoms with van der Waals surface area (Å²) in [6.45, 7) is 7.56. The first-order valence-electron chi connectivity index (χ1n) is 8.75. The third kappa shape index (κ3) is 3.86. The summed E-state index contributed by atoms with van der Waals surface area (Å²) in [6.07, 6.45) is -0.0952. The summed E-state index contributed by atoms with van der Waals surface area (Å²) in [4.78, 5) is 24.0. The molecule has 0 spiro atoms. The predicted octanol–water partition coefficient (Wildman–Crippen LogP) is 2.44. The van der Waals surface area contributed by atoms with Gasteiger partial charge in [-0.25, -0.2) is 0 Å². The zero-order chi connectivity index (χ0) is 18.7. The number of ketones is 1. The summed E-state index contributed by atoms with van der Waals surface area (Å²) in [5.74, 6) is -0.0923. The maximum atomic E-state index is 12.3. The van der Waals surface area contributed by atoms with Crippen molar-refractivity contribution in [1.29, 1.82) is 0 Å². The number of nitrogens with one attached hydrogen (secondary N) is 1. The minimum atomic E-state index is -0.143. The van der Waals surface area contributed by atoms with E-state index in [1.807, 2.05) is 36.6 Å². The van der Waals surface area contributed by atoms with Gasteiger partial charge in [0.2, 0.25) is 0 Å². The number of hydrogen-bond donors (Lipinski definition) is 1. The van der Waals surface area contributed by atoms with Gasteiger partial charge in [-0.15, -0.1) is 0 Å². The van der Waals surface area contributed by atoms with Crippen molar-refractivity contribution in [2.24, 2.45) is 0 Å². The molecule has 1 aromatic carbocycles. The van der Waals surface area contributed by atoms with Crippen LogP contribution in [-0.4, -0.2) is 48.7 Å². The van der Waals surface area contributed by atoms with E-state index in [-0.39, 0.29) is 17.8 Å². The minimum absolute atomic E-state index is 0.0502. The second-order valence-corrected chi connectivity index (χ2v) is 6.50. The summed E-state index contributed by atoms with van der Waals surface area (Å²) < 4.78 is 12.9. The first-order chi connectivity index (χ1) is 12.5. The van der Waals surface area contributed by atoms with Gasteiger partial charge in [-0.1, -0.05) is 0 Å². The molecule has 0 aliphatic carbocycles. The van der Waals surface area contributed by atoms with Crippen molar-refractivity contribution >= 4 is 11.7 Å². The third-order valence-electron chi connectivity index (χ3n) is 4.57. The van der Waals surface area contributed by atoms with Crippen molar-refractivity contribution in [3.05, 3.63) is 52.8 Å². The van der Waals surface area contributed by atoms with Gasteiger partial charge in [-0.05, 0) is 51.1 Å². The van der Waals surface area contributed by atoms with Gasteiger partial charge in [0.1, 0.15) is 0 Å². The van der Waals surface area contributed by atoms with E-state index in [0.29, 0.717) is 31.9 Å². The van der Waals surface area contributed by atoms with Crippen LogP contribution < -0.4 is 5.32 Å². The lowest BCUT2D eigenvalue weighted by Gasteiger charge is -2.23. The van der Waals surface area contributed by atoms with Crippen LogP contribution in [0.3, 0.4) is 0 Å². The molecule has 1 fully saturated rings. The molecule has 1 amide bonds. The van der Waals surface area contributed by atoms with Crippen molar-refractivity contribution in [2.45, 2.75) is 26.9 Å². The number of nitrogens with zero attached hydrogens (tertiary/aromatic N) is 1. The number of carbonyl (C=O) groups is 2. The molecule has 1 N–H and O–H groups in total. The first kappa shape index (κ1) is 18.4. The highest BCUT2D eigenvalue weighted by atomic mass is 16.6. The van der Waals surface area contributed by atoms with Gasteiger partial charge < -0.3 is 19.4 Å². The lowest BCUT2D eigenvalue weighted by atomic mass is 10.1. The van der Waals surface area contributed by atoms with Crippen LogP contribution >= 0.6 is 0 Å². The summed E-state index contributed by atoms with van der Waals surface area (Å²) in [5.41, 5.74) is 4.12. The van der Waals surface area contributed by atoms with Gasteiger partial charge in [0.05, 0.1) is 25.9 Å². The zero-order valence-electron chi connectivity index (χ0n) is 15.4. The molecule has 1 aliphatic heterocycles. The molecule has 26 heavy (non-hydrogen) atoms. The Morgan fingerprint density at radius 3 is 2.50 bits per heavy atom. The number of amides is 1. The van der Waals surface area contributed by atoms with Crippen molar-refractivity contribution in [1.82, 2.24) is 9.88 Å². The topological polar surface area (TPSA) is 69.6 Å². The van der Waals surface area contributed by atoms with Crippen LogP contribution in [0.5, 0.6) is 0 Å². The Balaban J connectivity index is 1.70. The maximum absolute atomic E-state index is 12.3. The Bertz CT molecular complexity index is 802. The average Bonchev–Trinajstić information content (AvgIpc) is 2.95. The van der Waals surface area contributed by atoms with Gasteiger partial charge in [0.25, 0.3) is 5.91 Å². The standard InChI is InChI=1S/C20H24N2O4/c1-13-10-19(15(3)23)14(2)22(13)17-6-4-16(5-7-17)20(24)21-11-18-12-25-8-9-26-18/h4-7,10,18H,8-9,11-12H2,1-3H3,(H,21,24)/t18-/m0/s1. The molecule has 1 aliphatic rings. The molecular weight excluding hydrogens is 332 g/mol. The number of ether oxygens (including phenoxy) is 2. The molecule has 0 unspecified atom stereocenters. The van der Waals surface area contributed by atoms with Crippen LogP contribution in [0.4, 0.5) is 0 Å². The normalized spacial score (nSPS) is 17.1. The molecule has 2 heterocycles. The molecule has 0 saturated carbocycles. The number of aromatic nitrogens is 1. The van der Waals surface area contributed by atoms with Crippen molar-refractivity contribution in [3.63, 3.8) is 0 Å². The van der Waals surface area contributed by atoms with Crippen LogP contribution in [0.1, 0.15) is 39.0 Å². The largest absolute Gasteiger partial charge is 0.376 e. The van der Waals surface area contributed by atoms with E-state index in [9.17, 15) is 9.59 Å². The van der Waals surface area contributed by atoms with Gasteiger partial charge in [0.15, 0.2) is 5.78 Å². The Morgan fingerprint density at radius 1 is 1.19 bits per heavy atom. The van der Waals surface area contributed by atoms with Crippen LogP contribution in [-0.2, 0) is 9.47 Å². The van der Waals surface area contributed by atoms with E-state index in [1.54, 1.807) is 19.1 Å². The smallest absolute Gasteiger partial charge is 0.251 e. The van der Waals surface area contributed by atoms with Gasteiger partial charge in [0, 0.05) is 34.7 Å². The number of rotatable bonds is 5. The number of hydrogen-bond acceptors (Lipinski definition) is 4. The summed E-state index contributed by atoms with van der Waals surface area (Å²) >= 11 is 0. The summed E-state index contributed by atoms with van der Waals surface area (Å²) in [6, 6.07) is 9.24. The van der Waals surface area contributed by atoms with E-state index >= 15 is 0 Å². The molecule has 2 aromatic rings. The van der Waals surface area contributed by atoms with E-state index in [0.717, 1.165) is 22.6 Å². The fourth-order valence-corrected chi connectivity index (χ4v) is 3.24. The SMILES string of the molecule is CC(=O)c1cc(C)n(-c2ccc(C(=O)NC[C@H]3COCCO3)cc2)c1C. The first-order valence-corrected chi connectivity index (χ1v) is 8.75. The predicted molar refractivity (Wildman–Crippen MR) is 98.1 cm³/mol. The number of Topliss-reactive ketones (excluding diaryl/α,β-unsaturated/α-hetero) is 1. The lowest BCUT2D eigenvalue weighted by Crippen LogP contribution is -2.39. The molecular formula is C20H24N2O4. The highest BCUT2D eigenvalue weighted by Crippen LogP contribution is 2.21. The average molecular weight is 356 g/mol. The number of aryl methyl sites for hydroxylation is 1. The number of carbonyl (C=O) groups excluding carboxylic acids is 2. The molecule has 3 rings (SSSR count). The van der Waals surface area contributed by atoms with Crippen molar-refractivity contribution < 1.29 is 19.1 Å². The van der Waals surface area contributed by atoms with E-state index in [1.165, 1.54) is 0 Å². The minimum Gasteiger partial charge on any atom is -0.376 e. The quantitative estimate of drug-likeness (QED) is 0.836. The van der Waals surface area contributed by atoms with Gasteiger partial charge >= 0.3 is 0 Å². The fraction of sp³-hybridized carbons (Fsp3) is 0.400. The molecule has 0 bridgehead atoms. The summed E-state index contributed by atoms with van der Waals surface area (Å²) in [7, 11) is 0. The molecule has 1 atom stereocenters. The molecule has 1 aromatic heterocycles. The molecule has 0 radical (unpaired) electrons. The van der Waals surface area contributed by atoms with Gasteiger partial charge in [-0.3, -0.25) is 9.59 Å². The molecule has 6 nitrogen and oxygen atoms in total. The van der Waals surface area contributed by atoms with Crippen LogP contribution in [0.2, 0.25) is 0 Å². The van der Waals surface area contributed by atoms with E-state index in [2.05, 4.69) is 5.32 Å². The van der Waals surface area contributed by atoms with Crippen molar-refractivity contribution in [3.8, 4) is 5.69 Å². The highest BCUT2D eigenvalue weighted by molar-refractivity contribution is 5.96.